The van der Waals surface area contributed by atoms with Crippen LogP contribution in [-0.2, 0) is 9.53 Å². The van der Waals surface area contributed by atoms with E-state index >= 15 is 0 Å². The molecule has 80 valence electrons. The number of hydrogen-bond donors (Lipinski definition) is 0. The van der Waals surface area contributed by atoms with Crippen molar-refractivity contribution in [3.63, 3.8) is 0 Å². The van der Waals surface area contributed by atoms with Crippen LogP contribution in [0.3, 0.4) is 0 Å². The van der Waals surface area contributed by atoms with Gasteiger partial charge in [-0.25, -0.2) is 0 Å². The van der Waals surface area contributed by atoms with E-state index in [0.29, 0.717) is 13.0 Å². The summed E-state index contributed by atoms with van der Waals surface area (Å²) in [7, 11) is 0. The second-order valence-corrected chi connectivity index (χ2v) is 3.86. The number of allylic oxidation sites excluding steroid dienone is 1. The molecule has 0 aromatic rings. The first-order chi connectivity index (χ1) is 6.83. The zero-order valence-corrected chi connectivity index (χ0v) is 9.05. The minimum atomic E-state index is -0.0693. The molecule has 0 bridgehead atoms. The van der Waals surface area contributed by atoms with Crippen LogP contribution in [0.5, 0.6) is 0 Å². The molecule has 0 aliphatic heterocycles. The summed E-state index contributed by atoms with van der Waals surface area (Å²) in [5.74, 6) is -0.0693. The van der Waals surface area contributed by atoms with Gasteiger partial charge in [0.25, 0.3) is 0 Å². The second kappa shape index (κ2) is 6.63. The van der Waals surface area contributed by atoms with Crippen LogP contribution in [0, 0.1) is 0 Å². The molecular weight excluding hydrogens is 176 g/mol. The van der Waals surface area contributed by atoms with Gasteiger partial charge < -0.3 is 4.74 Å². The van der Waals surface area contributed by atoms with E-state index in [2.05, 4.69) is 6.08 Å². The Bertz CT molecular complexity index is 198. The average Bonchev–Trinajstić information content (AvgIpc) is 2.20. The molecule has 0 N–H and O–H groups in total. The van der Waals surface area contributed by atoms with Gasteiger partial charge in [-0.3, -0.25) is 4.79 Å². The maximum atomic E-state index is 11.0. The molecule has 14 heavy (non-hydrogen) atoms. The Labute approximate surface area is 86.3 Å². The van der Waals surface area contributed by atoms with Crippen LogP contribution in [0.1, 0.15) is 51.9 Å². The Balaban J connectivity index is 2.15. The second-order valence-electron chi connectivity index (χ2n) is 3.86. The molecule has 1 rings (SSSR count). The van der Waals surface area contributed by atoms with Crippen molar-refractivity contribution in [2.45, 2.75) is 51.9 Å². The van der Waals surface area contributed by atoms with E-state index < -0.39 is 0 Å². The molecule has 1 aliphatic carbocycles. The number of esters is 1. The highest BCUT2D eigenvalue weighted by Crippen LogP contribution is 2.22. The molecule has 0 aromatic heterocycles. The Kier molecular flexibility index (Phi) is 5.35. The van der Waals surface area contributed by atoms with Crippen LogP contribution in [0.4, 0.5) is 0 Å². The molecule has 0 unspecified atom stereocenters. The summed E-state index contributed by atoms with van der Waals surface area (Å²) in [6, 6.07) is 0. The molecule has 1 aliphatic rings. The van der Waals surface area contributed by atoms with Gasteiger partial charge in [0.15, 0.2) is 0 Å². The lowest BCUT2D eigenvalue weighted by Gasteiger charge is -2.13. The number of rotatable bonds is 4. The molecule has 0 radical (unpaired) electrons. The Morgan fingerprint density at radius 3 is 2.71 bits per heavy atom. The fourth-order valence-corrected chi connectivity index (χ4v) is 1.74. The van der Waals surface area contributed by atoms with Gasteiger partial charge in [0.1, 0.15) is 6.61 Å². The number of hydrogen-bond acceptors (Lipinski definition) is 2. The first kappa shape index (κ1) is 11.3. The van der Waals surface area contributed by atoms with Crippen LogP contribution < -0.4 is 0 Å². The van der Waals surface area contributed by atoms with Crippen LogP contribution in [0.2, 0.25) is 0 Å². The van der Waals surface area contributed by atoms with E-state index in [4.69, 9.17) is 4.74 Å². The minimum absolute atomic E-state index is 0.0693. The standard InChI is InChI=1S/C12H20O2/c1-2-6-12(13)14-10-9-11-7-4-3-5-8-11/h9H,2-8,10H2,1H3. The van der Waals surface area contributed by atoms with Crippen LogP contribution >= 0.6 is 0 Å². The van der Waals surface area contributed by atoms with Gasteiger partial charge in [-0.15, -0.1) is 0 Å². The summed E-state index contributed by atoms with van der Waals surface area (Å²) < 4.78 is 5.07. The minimum Gasteiger partial charge on any atom is -0.461 e. The van der Waals surface area contributed by atoms with Gasteiger partial charge in [-0.2, -0.15) is 0 Å². The van der Waals surface area contributed by atoms with Gasteiger partial charge in [-0.05, 0) is 38.2 Å². The Hall–Kier alpha value is -0.790. The zero-order chi connectivity index (χ0) is 10.2. The number of carbonyl (C=O) groups excluding carboxylic acids is 1. The fraction of sp³-hybridized carbons (Fsp3) is 0.750. The van der Waals surface area contributed by atoms with Crippen LogP contribution in [0.15, 0.2) is 11.6 Å². The van der Waals surface area contributed by atoms with E-state index in [9.17, 15) is 4.79 Å². The first-order valence-electron chi connectivity index (χ1n) is 5.66. The maximum absolute atomic E-state index is 11.0. The summed E-state index contributed by atoms with van der Waals surface area (Å²) in [6.45, 7) is 2.47. The zero-order valence-electron chi connectivity index (χ0n) is 9.05. The fourth-order valence-electron chi connectivity index (χ4n) is 1.74. The smallest absolute Gasteiger partial charge is 0.306 e. The van der Waals surface area contributed by atoms with Crippen LogP contribution in [0.25, 0.3) is 0 Å². The van der Waals surface area contributed by atoms with Crippen molar-refractivity contribution in [3.05, 3.63) is 11.6 Å². The molecule has 0 amide bonds. The topological polar surface area (TPSA) is 26.3 Å². The van der Waals surface area contributed by atoms with Crippen molar-refractivity contribution in [3.8, 4) is 0 Å². The lowest BCUT2D eigenvalue weighted by atomic mass is 9.95. The third-order valence-electron chi connectivity index (χ3n) is 2.57. The normalized spacial score (nSPS) is 16.5. The molecule has 2 heteroatoms. The van der Waals surface area contributed by atoms with E-state index in [-0.39, 0.29) is 5.97 Å². The molecule has 0 saturated heterocycles. The van der Waals surface area contributed by atoms with Gasteiger partial charge in [0.05, 0.1) is 0 Å². The number of ether oxygens (including phenoxy) is 1. The van der Waals surface area contributed by atoms with E-state index in [1.807, 2.05) is 6.92 Å². The van der Waals surface area contributed by atoms with Crippen molar-refractivity contribution < 1.29 is 9.53 Å². The molecule has 2 nitrogen and oxygen atoms in total. The monoisotopic (exact) mass is 196 g/mol. The lowest BCUT2D eigenvalue weighted by molar-refractivity contribution is -0.142. The van der Waals surface area contributed by atoms with Gasteiger partial charge in [-0.1, -0.05) is 18.9 Å². The molecule has 0 spiro atoms. The number of carbonyl (C=O) groups is 1. The van der Waals surface area contributed by atoms with Gasteiger partial charge in [0, 0.05) is 6.42 Å². The SMILES string of the molecule is CCCC(=O)OCC=C1CCCCC1. The first-order valence-corrected chi connectivity index (χ1v) is 5.66. The molecule has 0 heterocycles. The highest BCUT2D eigenvalue weighted by molar-refractivity contribution is 5.69. The molecule has 0 aromatic carbocycles. The molecule has 1 saturated carbocycles. The third kappa shape index (κ3) is 4.45. The summed E-state index contributed by atoms with van der Waals surface area (Å²) >= 11 is 0. The van der Waals surface area contributed by atoms with Crippen molar-refractivity contribution in [2.24, 2.45) is 0 Å². The van der Waals surface area contributed by atoms with Crippen molar-refractivity contribution >= 4 is 5.97 Å². The molecule has 0 atom stereocenters. The predicted octanol–water partition coefficient (Wildman–Crippen LogP) is 3.22. The van der Waals surface area contributed by atoms with Gasteiger partial charge in [0.2, 0.25) is 0 Å². The lowest BCUT2D eigenvalue weighted by Crippen LogP contribution is -2.04. The Morgan fingerprint density at radius 1 is 1.36 bits per heavy atom. The molecular formula is C12H20O2. The summed E-state index contributed by atoms with van der Waals surface area (Å²) in [5.41, 5.74) is 1.47. The van der Waals surface area contributed by atoms with E-state index in [1.165, 1.54) is 37.7 Å². The largest absolute Gasteiger partial charge is 0.461 e. The molecule has 1 fully saturated rings. The van der Waals surface area contributed by atoms with Gasteiger partial charge >= 0.3 is 5.97 Å². The van der Waals surface area contributed by atoms with Crippen molar-refractivity contribution in [1.29, 1.82) is 0 Å². The predicted molar refractivity (Wildman–Crippen MR) is 57.0 cm³/mol. The quantitative estimate of drug-likeness (QED) is 0.509. The highest BCUT2D eigenvalue weighted by Gasteiger charge is 2.05. The third-order valence-corrected chi connectivity index (χ3v) is 2.57. The van der Waals surface area contributed by atoms with E-state index in [1.54, 1.807) is 0 Å². The Morgan fingerprint density at radius 2 is 2.07 bits per heavy atom. The highest BCUT2D eigenvalue weighted by atomic mass is 16.5. The van der Waals surface area contributed by atoms with E-state index in [0.717, 1.165) is 6.42 Å². The summed E-state index contributed by atoms with van der Waals surface area (Å²) in [5, 5.41) is 0. The van der Waals surface area contributed by atoms with Crippen molar-refractivity contribution in [2.75, 3.05) is 6.61 Å². The maximum Gasteiger partial charge on any atom is 0.306 e. The average molecular weight is 196 g/mol. The summed E-state index contributed by atoms with van der Waals surface area (Å²) in [4.78, 5) is 11.0. The van der Waals surface area contributed by atoms with Crippen LogP contribution in [-0.4, -0.2) is 12.6 Å². The van der Waals surface area contributed by atoms with Crippen molar-refractivity contribution in [1.82, 2.24) is 0 Å². The summed E-state index contributed by atoms with van der Waals surface area (Å²) in [6.07, 6.45) is 9.86.